The van der Waals surface area contributed by atoms with E-state index in [1.54, 1.807) is 11.7 Å². The molecule has 0 aliphatic rings. The Labute approximate surface area is 190 Å². The minimum Gasteiger partial charge on any atom is -0.385 e. The van der Waals surface area contributed by atoms with Crippen LogP contribution < -0.4 is 5.69 Å². The van der Waals surface area contributed by atoms with Gasteiger partial charge in [-0.05, 0) is 50.5 Å². The van der Waals surface area contributed by atoms with Gasteiger partial charge in [-0.25, -0.2) is 9.89 Å². The van der Waals surface area contributed by atoms with Gasteiger partial charge in [0, 0.05) is 48.8 Å². The molecule has 7 nitrogen and oxygen atoms in total. The summed E-state index contributed by atoms with van der Waals surface area (Å²) in [6, 6.07) is 9.77. The highest BCUT2D eigenvalue weighted by Crippen LogP contribution is 2.21. The molecule has 1 N–H and O–H groups in total. The van der Waals surface area contributed by atoms with Crippen molar-refractivity contribution in [2.45, 2.75) is 44.9 Å². The Bertz CT molecular complexity index is 1090. The van der Waals surface area contributed by atoms with Crippen molar-refractivity contribution in [2.24, 2.45) is 0 Å². The highest BCUT2D eigenvalue weighted by atomic mass is 35.5. The van der Waals surface area contributed by atoms with Crippen LogP contribution in [0.1, 0.15) is 33.7 Å². The summed E-state index contributed by atoms with van der Waals surface area (Å²) in [4.78, 5) is 24.9. The lowest BCUT2D eigenvalue weighted by atomic mass is 10.1. The second-order valence-corrected chi connectivity index (χ2v) is 8.71. The lowest BCUT2D eigenvalue weighted by Crippen LogP contribution is -2.18. The molecule has 0 amide bonds. The van der Waals surface area contributed by atoms with Gasteiger partial charge in [-0.3, -0.25) is 9.36 Å². The maximum atomic E-state index is 12.9. The number of H-pyrrole nitrogens is 1. The molecular formula is C22H27ClN4O3S. The van der Waals surface area contributed by atoms with Gasteiger partial charge in [0.2, 0.25) is 0 Å². The first-order chi connectivity index (χ1) is 14.9. The molecule has 0 saturated carbocycles. The summed E-state index contributed by atoms with van der Waals surface area (Å²) in [5.41, 5.74) is 3.65. The number of halogens is 1. The average molecular weight is 463 g/mol. The van der Waals surface area contributed by atoms with Crippen LogP contribution in [0, 0.1) is 13.8 Å². The number of ketones is 1. The van der Waals surface area contributed by atoms with E-state index in [9.17, 15) is 9.59 Å². The van der Waals surface area contributed by atoms with Crippen LogP contribution in [0.4, 0.5) is 0 Å². The molecular weight excluding hydrogens is 436 g/mol. The smallest absolute Gasteiger partial charge is 0.343 e. The molecule has 0 atom stereocenters. The van der Waals surface area contributed by atoms with Gasteiger partial charge in [0.25, 0.3) is 0 Å². The molecule has 0 fully saturated rings. The van der Waals surface area contributed by atoms with Gasteiger partial charge in [0.15, 0.2) is 10.9 Å². The zero-order valence-corrected chi connectivity index (χ0v) is 19.6. The fourth-order valence-corrected chi connectivity index (χ4v) is 4.49. The first-order valence-electron chi connectivity index (χ1n) is 10.1. The van der Waals surface area contributed by atoms with Gasteiger partial charge >= 0.3 is 5.69 Å². The minimum atomic E-state index is -0.272. The molecule has 31 heavy (non-hydrogen) atoms. The summed E-state index contributed by atoms with van der Waals surface area (Å²) in [5, 5.41) is 7.76. The lowest BCUT2D eigenvalue weighted by Gasteiger charge is -2.10. The molecule has 9 heteroatoms. The molecule has 0 saturated heterocycles. The number of hydrogen-bond donors (Lipinski definition) is 1. The molecule has 1 aromatic carbocycles. The van der Waals surface area contributed by atoms with Crippen LogP contribution in [0.3, 0.4) is 0 Å². The predicted molar refractivity (Wildman–Crippen MR) is 123 cm³/mol. The van der Waals surface area contributed by atoms with Crippen molar-refractivity contribution in [3.63, 3.8) is 0 Å². The predicted octanol–water partition coefficient (Wildman–Crippen LogP) is 3.90. The zero-order chi connectivity index (χ0) is 22.4. The van der Waals surface area contributed by atoms with Crippen LogP contribution in [0.15, 0.2) is 40.3 Å². The number of methoxy groups -OCH3 is 1. The number of carbonyl (C=O) groups excluding carboxylic acids is 1. The molecule has 0 spiro atoms. The van der Waals surface area contributed by atoms with E-state index in [1.165, 1.54) is 17.3 Å². The van der Waals surface area contributed by atoms with Gasteiger partial charge in [0.05, 0.1) is 5.75 Å². The van der Waals surface area contributed by atoms with E-state index in [1.807, 2.05) is 44.2 Å². The summed E-state index contributed by atoms with van der Waals surface area (Å²) in [6.07, 6.45) is 1.56. The van der Waals surface area contributed by atoms with Crippen molar-refractivity contribution >= 4 is 29.1 Å². The normalized spacial score (nSPS) is 11.2. The second-order valence-electron chi connectivity index (χ2n) is 7.33. The summed E-state index contributed by atoms with van der Waals surface area (Å²) in [7, 11) is 1.62. The van der Waals surface area contributed by atoms with E-state index in [-0.39, 0.29) is 17.2 Å². The number of hydrogen-bond acceptors (Lipinski definition) is 5. The van der Waals surface area contributed by atoms with Crippen LogP contribution in [0.2, 0.25) is 5.02 Å². The molecule has 0 aliphatic carbocycles. The molecule has 0 unspecified atom stereocenters. The second kappa shape index (κ2) is 10.8. The van der Waals surface area contributed by atoms with Gasteiger partial charge < -0.3 is 9.30 Å². The highest BCUT2D eigenvalue weighted by Gasteiger charge is 2.18. The largest absolute Gasteiger partial charge is 0.385 e. The number of nitrogens with one attached hydrogen (secondary N) is 1. The maximum absolute atomic E-state index is 12.9. The first kappa shape index (κ1) is 23.4. The van der Waals surface area contributed by atoms with Crippen LogP contribution in [-0.4, -0.2) is 44.6 Å². The SMILES string of the molecule is COCCCn1c(SCC(=O)c2cc(C)n(CCc3ccc(Cl)cc3)c2C)n[nH]c1=O. The van der Waals surface area contributed by atoms with Gasteiger partial charge in [-0.2, -0.15) is 0 Å². The maximum Gasteiger partial charge on any atom is 0.343 e. The quantitative estimate of drug-likeness (QED) is 0.265. The molecule has 0 aliphatic heterocycles. The van der Waals surface area contributed by atoms with Crippen LogP contribution in [0.25, 0.3) is 0 Å². The van der Waals surface area contributed by atoms with Crippen molar-refractivity contribution in [2.75, 3.05) is 19.5 Å². The Balaban J connectivity index is 1.64. The highest BCUT2D eigenvalue weighted by molar-refractivity contribution is 7.99. The zero-order valence-electron chi connectivity index (χ0n) is 18.0. The Morgan fingerprint density at radius 1 is 1.19 bits per heavy atom. The van der Waals surface area contributed by atoms with Crippen molar-refractivity contribution in [3.05, 3.63) is 68.4 Å². The van der Waals surface area contributed by atoms with E-state index >= 15 is 0 Å². The number of ether oxygens (including phenoxy) is 1. The number of aryl methyl sites for hydroxylation is 2. The molecule has 3 rings (SSSR count). The van der Waals surface area contributed by atoms with Gasteiger partial charge in [0.1, 0.15) is 0 Å². The number of carbonyl (C=O) groups is 1. The summed E-state index contributed by atoms with van der Waals surface area (Å²) >= 11 is 7.23. The van der Waals surface area contributed by atoms with E-state index in [4.69, 9.17) is 16.3 Å². The number of benzene rings is 1. The van der Waals surface area contributed by atoms with Gasteiger partial charge in [-0.15, -0.1) is 5.10 Å². The van der Waals surface area contributed by atoms with E-state index in [0.29, 0.717) is 30.3 Å². The van der Waals surface area contributed by atoms with Crippen molar-refractivity contribution < 1.29 is 9.53 Å². The molecule has 0 radical (unpaired) electrons. The first-order valence-corrected chi connectivity index (χ1v) is 11.5. The third kappa shape index (κ3) is 5.90. The molecule has 2 aromatic heterocycles. The van der Waals surface area contributed by atoms with Crippen LogP contribution >= 0.6 is 23.4 Å². The number of Topliss-reactive ketones (excluding diaryl/α,β-unsaturated/α-hetero) is 1. The molecule has 3 aromatic rings. The number of aromatic nitrogens is 4. The molecule has 2 heterocycles. The van der Waals surface area contributed by atoms with E-state index < -0.39 is 0 Å². The Morgan fingerprint density at radius 3 is 2.65 bits per heavy atom. The average Bonchev–Trinajstić information content (AvgIpc) is 3.25. The standard InChI is InChI=1S/C22H27ClN4O3S/c1-15-13-19(16(2)26(15)11-9-17-5-7-18(23)8-6-17)20(28)14-31-22-25-24-21(29)27(22)10-4-12-30-3/h5-8,13H,4,9-12,14H2,1-3H3,(H,24,29). The summed E-state index contributed by atoms with van der Waals surface area (Å²) in [5.74, 6) is 0.241. The number of aromatic amines is 1. The third-order valence-electron chi connectivity index (χ3n) is 5.20. The summed E-state index contributed by atoms with van der Waals surface area (Å²) in [6.45, 7) is 5.83. The number of thioether (sulfide) groups is 1. The van der Waals surface area contributed by atoms with E-state index in [0.717, 1.165) is 29.4 Å². The molecule has 166 valence electrons. The minimum absolute atomic E-state index is 0.0229. The Morgan fingerprint density at radius 2 is 1.94 bits per heavy atom. The summed E-state index contributed by atoms with van der Waals surface area (Å²) < 4.78 is 8.76. The fourth-order valence-electron chi connectivity index (χ4n) is 3.50. The van der Waals surface area contributed by atoms with E-state index in [2.05, 4.69) is 14.8 Å². The molecule has 0 bridgehead atoms. The van der Waals surface area contributed by atoms with Crippen molar-refractivity contribution in [1.82, 2.24) is 19.3 Å². The lowest BCUT2D eigenvalue weighted by molar-refractivity contribution is 0.102. The van der Waals surface area contributed by atoms with Crippen molar-refractivity contribution in [1.29, 1.82) is 0 Å². The topological polar surface area (TPSA) is 81.9 Å². The van der Waals surface area contributed by atoms with Crippen molar-refractivity contribution in [3.8, 4) is 0 Å². The Hall–Kier alpha value is -2.29. The third-order valence-corrected chi connectivity index (χ3v) is 6.43. The van der Waals surface area contributed by atoms with Gasteiger partial charge in [-0.1, -0.05) is 35.5 Å². The number of rotatable bonds is 11. The number of nitrogens with zero attached hydrogens (tertiary/aromatic N) is 3. The van der Waals surface area contributed by atoms with Crippen LogP contribution in [-0.2, 0) is 24.2 Å². The monoisotopic (exact) mass is 462 g/mol. The van der Waals surface area contributed by atoms with Crippen LogP contribution in [0.5, 0.6) is 0 Å². The Kier molecular flexibility index (Phi) is 8.17. The fraction of sp³-hybridized carbons (Fsp3) is 0.409.